The summed E-state index contributed by atoms with van der Waals surface area (Å²) in [5, 5.41) is 2.85. The maximum Gasteiger partial charge on any atom is 0.244 e. The Morgan fingerprint density at radius 3 is 2.68 bits per heavy atom. The normalized spacial score (nSPS) is 17.4. The van der Waals surface area contributed by atoms with E-state index in [0.29, 0.717) is 18.1 Å². The van der Waals surface area contributed by atoms with Crippen molar-refractivity contribution in [2.75, 3.05) is 35.6 Å². The Kier molecular flexibility index (Phi) is 6.58. The smallest absolute Gasteiger partial charge is 0.244 e. The number of nitrogens with one attached hydrogen (secondary N) is 1. The summed E-state index contributed by atoms with van der Waals surface area (Å²) >= 11 is 0. The van der Waals surface area contributed by atoms with Gasteiger partial charge in [0.1, 0.15) is 11.9 Å². The minimum atomic E-state index is -0.441. The molecule has 0 saturated carbocycles. The highest BCUT2D eigenvalue weighted by atomic mass is 16.5. The number of benzene rings is 1. The summed E-state index contributed by atoms with van der Waals surface area (Å²) in [6.45, 7) is 6.19. The Balaban J connectivity index is 1.55. The number of carbonyl (C=O) groups excluding carboxylic acids is 1. The molecule has 1 atom stereocenters. The zero-order valence-electron chi connectivity index (χ0n) is 18.1. The van der Waals surface area contributed by atoms with Gasteiger partial charge in [-0.1, -0.05) is 37.6 Å². The SMILES string of the molecule is CCCC(N)Oc1cc2c(c(N)n1)NC(=O)CN2Cc1cccc(CN2CCCC2)c1. The fraction of sp³-hybridized carbons (Fsp3) is 0.478. The topological polar surface area (TPSA) is 110 Å². The number of nitrogen functional groups attached to an aromatic ring is 1. The second-order valence-electron chi connectivity index (χ2n) is 8.39. The Morgan fingerprint density at radius 2 is 1.94 bits per heavy atom. The molecular weight excluding hydrogens is 392 g/mol. The molecule has 0 bridgehead atoms. The maximum absolute atomic E-state index is 12.3. The second kappa shape index (κ2) is 9.53. The molecule has 2 aliphatic heterocycles. The summed E-state index contributed by atoms with van der Waals surface area (Å²) in [5.74, 6) is 0.503. The third kappa shape index (κ3) is 5.26. The molecule has 8 heteroatoms. The molecule has 4 rings (SSSR count). The standard InChI is InChI=1S/C23H32N6O2/c1-2-6-19(24)31-21-12-18-22(23(25)27-21)26-20(30)15-29(18)14-17-8-5-7-16(11-17)13-28-9-3-4-10-28/h5,7-8,11-12,19H,2-4,6,9-10,13-15,24H2,1H3,(H2,25,27)(H,26,30). The number of ether oxygens (including phenoxy) is 1. The van der Waals surface area contributed by atoms with Gasteiger partial charge in [0.25, 0.3) is 0 Å². The van der Waals surface area contributed by atoms with E-state index < -0.39 is 6.23 Å². The number of carbonyl (C=O) groups is 1. The van der Waals surface area contributed by atoms with Gasteiger partial charge in [0.15, 0.2) is 5.82 Å². The minimum Gasteiger partial charge on any atom is -0.459 e. The van der Waals surface area contributed by atoms with Crippen LogP contribution < -0.4 is 26.4 Å². The maximum atomic E-state index is 12.3. The third-order valence-electron chi connectivity index (χ3n) is 5.76. The van der Waals surface area contributed by atoms with Gasteiger partial charge in [0.05, 0.1) is 12.2 Å². The van der Waals surface area contributed by atoms with Gasteiger partial charge in [-0.2, -0.15) is 4.98 Å². The first-order valence-corrected chi connectivity index (χ1v) is 11.1. The van der Waals surface area contributed by atoms with Crippen LogP contribution in [0.3, 0.4) is 0 Å². The summed E-state index contributed by atoms with van der Waals surface area (Å²) in [7, 11) is 0. The zero-order chi connectivity index (χ0) is 21.8. The number of nitrogens with zero attached hydrogens (tertiary/aromatic N) is 3. The summed E-state index contributed by atoms with van der Waals surface area (Å²) in [6.07, 6.45) is 3.76. The number of anilines is 3. The summed E-state index contributed by atoms with van der Waals surface area (Å²) in [5.41, 5.74) is 15.9. The predicted molar refractivity (Wildman–Crippen MR) is 123 cm³/mol. The van der Waals surface area contributed by atoms with Crippen LogP contribution in [0.1, 0.15) is 43.7 Å². The van der Waals surface area contributed by atoms with Gasteiger partial charge in [-0.25, -0.2) is 0 Å². The molecule has 8 nitrogen and oxygen atoms in total. The largest absolute Gasteiger partial charge is 0.459 e. The van der Waals surface area contributed by atoms with Crippen LogP contribution in [0, 0.1) is 0 Å². The molecule has 1 amide bonds. The average molecular weight is 425 g/mol. The van der Waals surface area contributed by atoms with E-state index in [1.54, 1.807) is 0 Å². The Labute approximate surface area is 183 Å². The summed E-state index contributed by atoms with van der Waals surface area (Å²) < 4.78 is 5.76. The van der Waals surface area contributed by atoms with Crippen LogP contribution in [-0.2, 0) is 17.9 Å². The molecule has 0 aliphatic carbocycles. The van der Waals surface area contributed by atoms with Crippen molar-refractivity contribution in [3.05, 3.63) is 41.5 Å². The van der Waals surface area contributed by atoms with Crippen molar-refractivity contribution in [1.82, 2.24) is 9.88 Å². The third-order valence-corrected chi connectivity index (χ3v) is 5.76. The molecule has 1 unspecified atom stereocenters. The number of pyridine rings is 1. The lowest BCUT2D eigenvalue weighted by molar-refractivity contribution is -0.115. The monoisotopic (exact) mass is 424 g/mol. The highest BCUT2D eigenvalue weighted by molar-refractivity contribution is 6.04. The number of rotatable bonds is 8. The van der Waals surface area contributed by atoms with E-state index in [-0.39, 0.29) is 18.3 Å². The lowest BCUT2D eigenvalue weighted by Gasteiger charge is -2.32. The Hall–Kier alpha value is -2.84. The van der Waals surface area contributed by atoms with Crippen LogP contribution >= 0.6 is 0 Å². The van der Waals surface area contributed by atoms with Gasteiger partial charge in [-0.05, 0) is 43.5 Å². The number of nitrogens with two attached hydrogens (primary N) is 2. The van der Waals surface area contributed by atoms with Gasteiger partial charge in [-0.15, -0.1) is 0 Å². The molecule has 0 radical (unpaired) electrons. The lowest BCUT2D eigenvalue weighted by Crippen LogP contribution is -2.38. The lowest BCUT2D eigenvalue weighted by atomic mass is 10.1. The first-order valence-electron chi connectivity index (χ1n) is 11.1. The van der Waals surface area contributed by atoms with Crippen LogP contribution in [0.5, 0.6) is 5.88 Å². The molecule has 31 heavy (non-hydrogen) atoms. The molecular formula is C23H32N6O2. The highest BCUT2D eigenvalue weighted by Crippen LogP contribution is 2.37. The first-order chi connectivity index (χ1) is 15.0. The van der Waals surface area contributed by atoms with Gasteiger partial charge < -0.3 is 20.7 Å². The fourth-order valence-corrected chi connectivity index (χ4v) is 4.29. The predicted octanol–water partition coefficient (Wildman–Crippen LogP) is 2.68. The number of hydrogen-bond donors (Lipinski definition) is 3. The molecule has 1 aromatic heterocycles. The van der Waals surface area contributed by atoms with Crippen molar-refractivity contribution < 1.29 is 9.53 Å². The number of aromatic nitrogens is 1. The highest BCUT2D eigenvalue weighted by Gasteiger charge is 2.26. The van der Waals surface area contributed by atoms with Gasteiger partial charge in [0, 0.05) is 19.2 Å². The van der Waals surface area contributed by atoms with Crippen molar-refractivity contribution in [2.24, 2.45) is 5.73 Å². The van der Waals surface area contributed by atoms with E-state index in [1.165, 1.54) is 31.5 Å². The molecule has 1 saturated heterocycles. The summed E-state index contributed by atoms with van der Waals surface area (Å²) in [4.78, 5) is 21.1. The van der Waals surface area contributed by atoms with Crippen molar-refractivity contribution >= 4 is 23.1 Å². The zero-order valence-corrected chi connectivity index (χ0v) is 18.1. The quantitative estimate of drug-likeness (QED) is 0.559. The van der Waals surface area contributed by atoms with Crippen molar-refractivity contribution in [3.8, 4) is 5.88 Å². The number of fused-ring (bicyclic) bond motifs is 1. The Morgan fingerprint density at radius 1 is 1.19 bits per heavy atom. The van der Waals surface area contributed by atoms with Crippen LogP contribution in [-0.4, -0.2) is 41.7 Å². The van der Waals surface area contributed by atoms with Crippen LogP contribution in [0.4, 0.5) is 17.2 Å². The summed E-state index contributed by atoms with van der Waals surface area (Å²) in [6, 6.07) is 10.4. The average Bonchev–Trinajstić information content (AvgIpc) is 3.22. The van der Waals surface area contributed by atoms with Gasteiger partial charge in [0.2, 0.25) is 11.8 Å². The number of hydrogen-bond acceptors (Lipinski definition) is 7. The van der Waals surface area contributed by atoms with E-state index >= 15 is 0 Å². The molecule has 1 fully saturated rings. The second-order valence-corrected chi connectivity index (χ2v) is 8.39. The minimum absolute atomic E-state index is 0.106. The van der Waals surface area contributed by atoms with E-state index in [2.05, 4.69) is 39.5 Å². The molecule has 3 heterocycles. The molecule has 1 aromatic carbocycles. The fourth-order valence-electron chi connectivity index (χ4n) is 4.29. The van der Waals surface area contributed by atoms with E-state index in [0.717, 1.165) is 30.6 Å². The van der Waals surface area contributed by atoms with Gasteiger partial charge in [-0.3, -0.25) is 15.4 Å². The molecule has 5 N–H and O–H groups in total. The van der Waals surface area contributed by atoms with Crippen LogP contribution in [0.25, 0.3) is 0 Å². The van der Waals surface area contributed by atoms with E-state index in [9.17, 15) is 4.79 Å². The van der Waals surface area contributed by atoms with Crippen molar-refractivity contribution in [2.45, 2.75) is 51.9 Å². The number of likely N-dealkylation sites (tertiary alicyclic amines) is 1. The Bertz CT molecular complexity index is 928. The number of amides is 1. The van der Waals surface area contributed by atoms with Crippen LogP contribution in [0.2, 0.25) is 0 Å². The van der Waals surface area contributed by atoms with Crippen molar-refractivity contribution in [3.63, 3.8) is 0 Å². The van der Waals surface area contributed by atoms with Crippen molar-refractivity contribution in [1.29, 1.82) is 0 Å². The van der Waals surface area contributed by atoms with Gasteiger partial charge >= 0.3 is 0 Å². The molecule has 0 spiro atoms. The molecule has 166 valence electrons. The molecule has 2 aliphatic rings. The van der Waals surface area contributed by atoms with Crippen LogP contribution in [0.15, 0.2) is 30.3 Å². The van der Waals surface area contributed by atoms with E-state index in [4.69, 9.17) is 16.2 Å². The first kappa shape index (κ1) is 21.4. The van der Waals surface area contributed by atoms with E-state index in [1.807, 2.05) is 17.9 Å². The molecule has 2 aromatic rings.